The summed E-state index contributed by atoms with van der Waals surface area (Å²) in [6, 6.07) is 5.63. The molecule has 3 nitrogen and oxygen atoms in total. The third-order valence-corrected chi connectivity index (χ3v) is 2.88. The van der Waals surface area contributed by atoms with Crippen molar-refractivity contribution in [3.63, 3.8) is 0 Å². The molecule has 0 fully saturated rings. The Balaban J connectivity index is 2.61. The molecule has 0 aliphatic heterocycles. The lowest BCUT2D eigenvalue weighted by Crippen LogP contribution is -1.95. The number of thiol groups is 1. The molecule has 0 bridgehead atoms. The van der Waals surface area contributed by atoms with Crippen molar-refractivity contribution in [1.29, 1.82) is 0 Å². The van der Waals surface area contributed by atoms with Crippen molar-refractivity contribution >= 4 is 24.8 Å². The van der Waals surface area contributed by atoms with Crippen LogP contribution in [0.25, 0.3) is 11.5 Å². The average Bonchev–Trinajstić information content (AvgIpc) is 2.26. The van der Waals surface area contributed by atoms with E-state index in [2.05, 4.69) is 27.6 Å². The van der Waals surface area contributed by atoms with Crippen LogP contribution in [0.3, 0.4) is 0 Å². The maximum Gasteiger partial charge on any atom is 0.158 e. The lowest BCUT2D eigenvalue weighted by Gasteiger charge is -2.03. The summed E-state index contributed by atoms with van der Waals surface area (Å²) in [4.78, 5) is 11.5. The summed E-state index contributed by atoms with van der Waals surface area (Å²) in [5.41, 5.74) is 1.65. The van der Waals surface area contributed by atoms with E-state index in [-0.39, 0.29) is 0 Å². The number of nitrogens with one attached hydrogen (secondary N) is 1. The monoisotopic (exact) mass is 235 g/mol. The van der Waals surface area contributed by atoms with Crippen LogP contribution in [0.15, 0.2) is 29.4 Å². The van der Waals surface area contributed by atoms with Crippen LogP contribution in [-0.4, -0.2) is 15.0 Å². The highest BCUT2D eigenvalue weighted by Crippen LogP contribution is 2.16. The van der Waals surface area contributed by atoms with Crippen LogP contribution < -0.4 is 0 Å². The van der Waals surface area contributed by atoms with Gasteiger partial charge in [-0.05, 0) is 19.1 Å². The van der Waals surface area contributed by atoms with Gasteiger partial charge in [0.15, 0.2) is 5.82 Å². The number of hydrogen-bond donors (Lipinski definition) is 2. The minimum absolute atomic E-state index is 0.638. The molecule has 2 aromatic rings. The predicted molar refractivity (Wildman–Crippen MR) is 64.6 cm³/mol. The molecule has 0 aliphatic carbocycles. The van der Waals surface area contributed by atoms with Crippen molar-refractivity contribution in [2.75, 3.05) is 0 Å². The average molecular weight is 235 g/mol. The summed E-state index contributed by atoms with van der Waals surface area (Å²) in [6.45, 7) is 1.89. The second kappa shape index (κ2) is 4.12. The van der Waals surface area contributed by atoms with Gasteiger partial charge in [0, 0.05) is 11.8 Å². The van der Waals surface area contributed by atoms with Gasteiger partial charge >= 0.3 is 0 Å². The molecular weight excluding hydrogens is 226 g/mol. The number of aromatic nitrogens is 3. The third kappa shape index (κ3) is 2.08. The summed E-state index contributed by atoms with van der Waals surface area (Å²) in [7, 11) is 0. The van der Waals surface area contributed by atoms with Gasteiger partial charge in [0.05, 0.1) is 0 Å². The lowest BCUT2D eigenvalue weighted by molar-refractivity contribution is 0.996. The van der Waals surface area contributed by atoms with E-state index in [1.807, 2.05) is 25.1 Å². The summed E-state index contributed by atoms with van der Waals surface area (Å²) in [5, 5.41) is 0.638. The Labute approximate surface area is 98.0 Å². The Morgan fingerprint density at radius 2 is 2.20 bits per heavy atom. The van der Waals surface area contributed by atoms with E-state index in [9.17, 15) is 0 Å². The van der Waals surface area contributed by atoms with E-state index in [1.54, 1.807) is 6.20 Å². The molecule has 0 atom stereocenters. The van der Waals surface area contributed by atoms with Crippen LogP contribution in [0.1, 0.15) is 5.56 Å². The maximum absolute atomic E-state index is 5.16. The lowest BCUT2D eigenvalue weighted by atomic mass is 10.3. The highest BCUT2D eigenvalue weighted by molar-refractivity contribution is 7.80. The fourth-order valence-electron chi connectivity index (χ4n) is 1.14. The Morgan fingerprint density at radius 3 is 2.80 bits per heavy atom. The van der Waals surface area contributed by atoms with Gasteiger partial charge in [-0.3, -0.25) is 4.98 Å². The molecule has 76 valence electrons. The maximum atomic E-state index is 5.16. The van der Waals surface area contributed by atoms with Gasteiger partial charge < -0.3 is 4.98 Å². The molecule has 2 heterocycles. The molecule has 0 radical (unpaired) electrons. The fourth-order valence-corrected chi connectivity index (χ4v) is 1.63. The third-order valence-electron chi connectivity index (χ3n) is 2.03. The van der Waals surface area contributed by atoms with E-state index in [0.717, 1.165) is 11.3 Å². The molecule has 0 saturated carbocycles. The normalized spacial score (nSPS) is 10.3. The molecule has 15 heavy (non-hydrogen) atoms. The summed E-state index contributed by atoms with van der Waals surface area (Å²) < 4.78 is 0.649. The second-order valence-electron chi connectivity index (χ2n) is 3.08. The minimum atomic E-state index is 0.638. The van der Waals surface area contributed by atoms with E-state index in [1.165, 1.54) is 0 Å². The van der Waals surface area contributed by atoms with Crippen molar-refractivity contribution in [3.05, 3.63) is 34.6 Å². The van der Waals surface area contributed by atoms with Crippen molar-refractivity contribution in [2.24, 2.45) is 0 Å². The number of H-pyrrole nitrogens is 1. The minimum Gasteiger partial charge on any atom is -0.329 e. The smallest absolute Gasteiger partial charge is 0.158 e. The topological polar surface area (TPSA) is 41.6 Å². The molecular formula is C10H9N3S2. The van der Waals surface area contributed by atoms with Crippen molar-refractivity contribution in [3.8, 4) is 11.5 Å². The van der Waals surface area contributed by atoms with E-state index >= 15 is 0 Å². The first-order valence-electron chi connectivity index (χ1n) is 4.40. The number of pyridine rings is 1. The zero-order chi connectivity index (χ0) is 10.8. The molecule has 2 aromatic heterocycles. The van der Waals surface area contributed by atoms with Crippen molar-refractivity contribution in [2.45, 2.75) is 11.9 Å². The standard InChI is InChI=1S/C10H9N3S2/c1-6-9(14)12-8(13-10(6)15)7-4-2-3-5-11-7/h2-5H,1H3,(H2,12,13,14,15). The Hall–Kier alpha value is -1.20. The van der Waals surface area contributed by atoms with Gasteiger partial charge in [-0.1, -0.05) is 18.3 Å². The summed E-state index contributed by atoms with van der Waals surface area (Å²) in [6.07, 6.45) is 1.71. The second-order valence-corrected chi connectivity index (χ2v) is 3.91. The van der Waals surface area contributed by atoms with Gasteiger partial charge in [-0.15, -0.1) is 12.6 Å². The SMILES string of the molecule is Cc1c(S)nc(-c2ccccn2)[nH]c1=S. The Bertz CT molecular complexity index is 534. The Kier molecular flexibility index (Phi) is 2.83. The van der Waals surface area contributed by atoms with E-state index in [4.69, 9.17) is 12.2 Å². The highest BCUT2D eigenvalue weighted by atomic mass is 32.1. The summed E-state index contributed by atoms with van der Waals surface area (Å²) in [5.74, 6) is 0.649. The van der Waals surface area contributed by atoms with Crippen LogP contribution in [0.4, 0.5) is 0 Å². The van der Waals surface area contributed by atoms with Crippen LogP contribution in [0, 0.1) is 11.6 Å². The molecule has 1 N–H and O–H groups in total. The molecule has 0 amide bonds. The molecule has 0 saturated heterocycles. The number of aromatic amines is 1. The molecule has 0 aromatic carbocycles. The first-order valence-corrected chi connectivity index (χ1v) is 5.25. The number of hydrogen-bond acceptors (Lipinski definition) is 4. The highest BCUT2D eigenvalue weighted by Gasteiger charge is 2.04. The number of rotatable bonds is 1. The van der Waals surface area contributed by atoms with Gasteiger partial charge in [0.25, 0.3) is 0 Å². The van der Waals surface area contributed by atoms with Crippen molar-refractivity contribution < 1.29 is 0 Å². The quantitative estimate of drug-likeness (QED) is 0.454. The van der Waals surface area contributed by atoms with Crippen LogP contribution in [0.5, 0.6) is 0 Å². The molecule has 0 spiro atoms. The molecule has 2 rings (SSSR count). The zero-order valence-corrected chi connectivity index (χ0v) is 9.77. The zero-order valence-electron chi connectivity index (χ0n) is 8.06. The van der Waals surface area contributed by atoms with Gasteiger partial charge in [0.2, 0.25) is 0 Å². The molecule has 0 unspecified atom stereocenters. The van der Waals surface area contributed by atoms with E-state index < -0.39 is 0 Å². The van der Waals surface area contributed by atoms with Gasteiger partial charge in [0.1, 0.15) is 15.4 Å². The summed E-state index contributed by atoms with van der Waals surface area (Å²) >= 11 is 9.42. The molecule has 0 aliphatic rings. The van der Waals surface area contributed by atoms with Gasteiger partial charge in [-0.2, -0.15) is 0 Å². The predicted octanol–water partition coefficient (Wildman–Crippen LogP) is 2.80. The van der Waals surface area contributed by atoms with Gasteiger partial charge in [-0.25, -0.2) is 4.98 Å². The van der Waals surface area contributed by atoms with Crippen LogP contribution >= 0.6 is 24.8 Å². The van der Waals surface area contributed by atoms with Crippen LogP contribution in [0.2, 0.25) is 0 Å². The first-order chi connectivity index (χ1) is 7.18. The largest absolute Gasteiger partial charge is 0.329 e. The first kappa shape index (κ1) is 10.3. The molecule has 5 heteroatoms. The van der Waals surface area contributed by atoms with E-state index in [0.29, 0.717) is 15.5 Å². The van der Waals surface area contributed by atoms with Crippen molar-refractivity contribution in [1.82, 2.24) is 15.0 Å². The van der Waals surface area contributed by atoms with Crippen LogP contribution in [-0.2, 0) is 0 Å². The number of nitrogens with zero attached hydrogens (tertiary/aromatic N) is 2. The Morgan fingerprint density at radius 1 is 1.40 bits per heavy atom. The fraction of sp³-hybridized carbons (Fsp3) is 0.100.